The number of halogens is 1. The van der Waals surface area contributed by atoms with Crippen LogP contribution in [0.1, 0.15) is 10.5 Å². The molecule has 1 heterocycles. The molecule has 29 heavy (non-hydrogen) atoms. The molecule has 0 radical (unpaired) electrons. The van der Waals surface area contributed by atoms with Crippen LogP contribution in [0.2, 0.25) is 0 Å². The van der Waals surface area contributed by atoms with Crippen molar-refractivity contribution in [2.75, 3.05) is 30.9 Å². The Bertz CT molecular complexity index is 1010. The van der Waals surface area contributed by atoms with Crippen molar-refractivity contribution < 1.29 is 14.0 Å². The molecule has 150 valence electrons. The number of aryl methyl sites for hydroxylation is 1. The van der Waals surface area contributed by atoms with Crippen molar-refractivity contribution in [1.82, 2.24) is 15.1 Å². The highest BCUT2D eigenvalue weighted by Gasteiger charge is 2.15. The lowest BCUT2D eigenvalue weighted by Crippen LogP contribution is -2.33. The molecular formula is C21H22FN5O2. The number of rotatable bonds is 6. The van der Waals surface area contributed by atoms with Gasteiger partial charge in [-0.15, -0.1) is 0 Å². The van der Waals surface area contributed by atoms with E-state index in [1.165, 1.54) is 16.8 Å². The van der Waals surface area contributed by atoms with Crippen LogP contribution < -0.4 is 15.5 Å². The van der Waals surface area contributed by atoms with Crippen LogP contribution in [0.4, 0.5) is 15.8 Å². The first-order valence-electron chi connectivity index (χ1n) is 8.99. The summed E-state index contributed by atoms with van der Waals surface area (Å²) in [5.41, 5.74) is 3.24. The molecule has 7 nitrogen and oxygen atoms in total. The van der Waals surface area contributed by atoms with E-state index in [4.69, 9.17) is 0 Å². The Morgan fingerprint density at radius 2 is 1.72 bits per heavy atom. The summed E-state index contributed by atoms with van der Waals surface area (Å²) >= 11 is 0. The van der Waals surface area contributed by atoms with Crippen LogP contribution in [0.25, 0.3) is 11.3 Å². The highest BCUT2D eigenvalue weighted by atomic mass is 19.1. The van der Waals surface area contributed by atoms with E-state index in [9.17, 15) is 14.0 Å². The molecule has 2 amide bonds. The highest BCUT2D eigenvalue weighted by molar-refractivity contribution is 5.98. The first kappa shape index (κ1) is 20.1. The van der Waals surface area contributed by atoms with Gasteiger partial charge in [-0.05, 0) is 60.2 Å². The molecule has 0 bridgehead atoms. The van der Waals surface area contributed by atoms with Crippen molar-refractivity contribution in [3.63, 3.8) is 0 Å². The molecular weight excluding hydrogens is 373 g/mol. The van der Waals surface area contributed by atoms with E-state index in [2.05, 4.69) is 15.7 Å². The first-order valence-corrected chi connectivity index (χ1v) is 8.99. The van der Waals surface area contributed by atoms with Crippen molar-refractivity contribution in [3.8, 4) is 11.3 Å². The van der Waals surface area contributed by atoms with Crippen molar-refractivity contribution in [3.05, 3.63) is 66.1 Å². The summed E-state index contributed by atoms with van der Waals surface area (Å²) < 4.78 is 14.6. The first-order chi connectivity index (χ1) is 13.8. The van der Waals surface area contributed by atoms with Crippen LogP contribution in [-0.4, -0.2) is 42.2 Å². The molecule has 8 heteroatoms. The van der Waals surface area contributed by atoms with E-state index in [-0.39, 0.29) is 24.0 Å². The lowest BCUT2D eigenvalue weighted by atomic mass is 10.1. The van der Waals surface area contributed by atoms with Gasteiger partial charge in [-0.25, -0.2) is 4.39 Å². The fourth-order valence-electron chi connectivity index (χ4n) is 2.77. The van der Waals surface area contributed by atoms with Crippen LogP contribution in [0, 0.1) is 5.82 Å². The van der Waals surface area contributed by atoms with E-state index in [1.54, 1.807) is 37.4 Å². The summed E-state index contributed by atoms with van der Waals surface area (Å²) in [4.78, 5) is 26.4. The lowest BCUT2D eigenvalue weighted by Gasteiger charge is -2.13. The van der Waals surface area contributed by atoms with Crippen LogP contribution in [0.15, 0.2) is 54.6 Å². The Balaban J connectivity index is 1.58. The Hall–Kier alpha value is -3.68. The third-order valence-corrected chi connectivity index (χ3v) is 4.33. The minimum absolute atomic E-state index is 0.176. The van der Waals surface area contributed by atoms with Crippen molar-refractivity contribution >= 4 is 23.2 Å². The Morgan fingerprint density at radius 3 is 2.34 bits per heavy atom. The van der Waals surface area contributed by atoms with Gasteiger partial charge >= 0.3 is 0 Å². The molecule has 0 saturated heterocycles. The van der Waals surface area contributed by atoms with Gasteiger partial charge in [0.1, 0.15) is 5.82 Å². The minimum Gasteiger partial charge on any atom is -0.378 e. The van der Waals surface area contributed by atoms with Crippen LogP contribution in [0.5, 0.6) is 0 Å². The number of carbonyl (C=O) groups is 2. The molecule has 3 rings (SSSR count). The molecule has 0 aliphatic carbocycles. The number of hydrogen-bond donors (Lipinski definition) is 2. The largest absolute Gasteiger partial charge is 0.378 e. The summed E-state index contributed by atoms with van der Waals surface area (Å²) in [5.74, 6) is -1.14. The molecule has 2 aromatic carbocycles. The Labute approximate surface area is 168 Å². The number of aromatic nitrogens is 2. The molecule has 0 fully saturated rings. The molecule has 0 atom stereocenters. The van der Waals surface area contributed by atoms with Gasteiger partial charge in [0.2, 0.25) is 5.91 Å². The minimum atomic E-state index is -0.466. The average Bonchev–Trinajstić information content (AvgIpc) is 3.09. The van der Waals surface area contributed by atoms with Crippen LogP contribution in [0.3, 0.4) is 0 Å². The van der Waals surface area contributed by atoms with Crippen molar-refractivity contribution in [2.24, 2.45) is 7.05 Å². The quantitative estimate of drug-likeness (QED) is 0.673. The fourth-order valence-corrected chi connectivity index (χ4v) is 2.77. The van der Waals surface area contributed by atoms with Crippen LogP contribution in [-0.2, 0) is 11.8 Å². The highest BCUT2D eigenvalue weighted by Crippen LogP contribution is 2.20. The third-order valence-electron chi connectivity index (χ3n) is 4.33. The van der Waals surface area contributed by atoms with E-state index >= 15 is 0 Å². The molecule has 0 saturated carbocycles. The fraction of sp³-hybridized carbons (Fsp3) is 0.190. The van der Waals surface area contributed by atoms with Crippen molar-refractivity contribution in [2.45, 2.75) is 0 Å². The second kappa shape index (κ2) is 8.55. The summed E-state index contributed by atoms with van der Waals surface area (Å²) in [6, 6.07) is 14.9. The number of nitrogens with zero attached hydrogens (tertiary/aromatic N) is 3. The standard InChI is InChI=1S/C21H22FN5O2/c1-26(2)17-10-8-16(9-11-17)24-20(28)13-23-21(29)18-12-19(27(3)25-18)14-4-6-15(22)7-5-14/h4-12H,13H2,1-3H3,(H,23,29)(H,24,28). The second-order valence-electron chi connectivity index (χ2n) is 6.72. The molecule has 0 aliphatic heterocycles. The predicted molar refractivity (Wildman–Crippen MR) is 110 cm³/mol. The maximum absolute atomic E-state index is 13.1. The zero-order valence-corrected chi connectivity index (χ0v) is 16.4. The summed E-state index contributed by atoms with van der Waals surface area (Å²) in [5, 5.41) is 9.46. The number of anilines is 2. The third kappa shape index (κ3) is 4.98. The van der Waals surface area contributed by atoms with E-state index < -0.39 is 5.91 Å². The lowest BCUT2D eigenvalue weighted by molar-refractivity contribution is -0.115. The van der Waals surface area contributed by atoms with Gasteiger partial charge in [-0.3, -0.25) is 14.3 Å². The monoisotopic (exact) mass is 395 g/mol. The second-order valence-corrected chi connectivity index (χ2v) is 6.72. The van der Waals surface area contributed by atoms with Gasteiger partial charge in [0.25, 0.3) is 5.91 Å². The number of hydrogen-bond acceptors (Lipinski definition) is 4. The number of benzene rings is 2. The van der Waals surface area contributed by atoms with E-state index in [0.717, 1.165) is 11.3 Å². The average molecular weight is 395 g/mol. The summed E-state index contributed by atoms with van der Waals surface area (Å²) in [6.45, 7) is -0.184. The Kier molecular flexibility index (Phi) is 5.92. The molecule has 0 aliphatic rings. The summed E-state index contributed by atoms with van der Waals surface area (Å²) in [7, 11) is 5.56. The normalized spacial score (nSPS) is 10.5. The smallest absolute Gasteiger partial charge is 0.272 e. The van der Waals surface area contributed by atoms with Gasteiger partial charge in [0.15, 0.2) is 5.69 Å². The maximum Gasteiger partial charge on any atom is 0.272 e. The van der Waals surface area contributed by atoms with E-state index in [0.29, 0.717) is 11.4 Å². The SMILES string of the molecule is CN(C)c1ccc(NC(=O)CNC(=O)c2cc(-c3ccc(F)cc3)n(C)n2)cc1. The number of amides is 2. The van der Waals surface area contributed by atoms with Gasteiger partial charge in [0, 0.05) is 32.5 Å². The molecule has 0 spiro atoms. The predicted octanol–water partition coefficient (Wildman–Crippen LogP) is 2.66. The van der Waals surface area contributed by atoms with Crippen LogP contribution >= 0.6 is 0 Å². The number of nitrogens with one attached hydrogen (secondary N) is 2. The molecule has 2 N–H and O–H groups in total. The van der Waals surface area contributed by atoms with Gasteiger partial charge in [0.05, 0.1) is 12.2 Å². The summed E-state index contributed by atoms with van der Waals surface area (Å²) in [6.07, 6.45) is 0. The zero-order chi connectivity index (χ0) is 21.0. The zero-order valence-electron chi connectivity index (χ0n) is 16.4. The molecule has 0 unspecified atom stereocenters. The Morgan fingerprint density at radius 1 is 1.07 bits per heavy atom. The maximum atomic E-state index is 13.1. The number of carbonyl (C=O) groups excluding carboxylic acids is 2. The van der Waals surface area contributed by atoms with Gasteiger partial charge in [-0.2, -0.15) is 5.10 Å². The molecule has 3 aromatic rings. The van der Waals surface area contributed by atoms with Gasteiger partial charge in [-0.1, -0.05) is 0 Å². The van der Waals surface area contributed by atoms with Crippen molar-refractivity contribution in [1.29, 1.82) is 0 Å². The molecule has 1 aromatic heterocycles. The topological polar surface area (TPSA) is 79.3 Å². The van der Waals surface area contributed by atoms with Gasteiger partial charge < -0.3 is 15.5 Å². The van der Waals surface area contributed by atoms with E-state index in [1.807, 2.05) is 31.1 Å².